The largest absolute Gasteiger partial charge is 0.504 e. The van der Waals surface area contributed by atoms with Gasteiger partial charge in [0.25, 0.3) is 0 Å². The number of rotatable bonds is 6. The number of hydrogen-bond acceptors (Lipinski definition) is 7. The average molecular weight is 522 g/mol. The van der Waals surface area contributed by atoms with E-state index in [-0.39, 0.29) is 17.0 Å². The number of nitrogens with one attached hydrogen (secondary N) is 1. The molecule has 1 fully saturated rings. The van der Waals surface area contributed by atoms with E-state index >= 15 is 0 Å². The summed E-state index contributed by atoms with van der Waals surface area (Å²) >= 11 is 6.02. The van der Waals surface area contributed by atoms with E-state index in [4.69, 9.17) is 21.6 Å². The molecule has 2 aliphatic rings. The van der Waals surface area contributed by atoms with Crippen LogP contribution in [0.4, 0.5) is 10.1 Å². The normalized spacial score (nSPS) is 21.2. The van der Waals surface area contributed by atoms with Crippen LogP contribution >= 0.6 is 11.6 Å². The van der Waals surface area contributed by atoms with E-state index in [2.05, 4.69) is 15.2 Å². The predicted molar refractivity (Wildman–Crippen MR) is 146 cm³/mol. The monoisotopic (exact) mass is 521 g/mol. The summed E-state index contributed by atoms with van der Waals surface area (Å²) in [6.07, 6.45) is 6.60. The van der Waals surface area contributed by atoms with Gasteiger partial charge in [0.2, 0.25) is 0 Å². The topological polar surface area (TPSA) is 90.2 Å². The lowest BCUT2D eigenvalue weighted by Crippen LogP contribution is -2.37. The van der Waals surface area contributed by atoms with E-state index in [9.17, 15) is 14.3 Å². The van der Waals surface area contributed by atoms with Crippen LogP contribution in [0.2, 0.25) is 5.02 Å². The van der Waals surface area contributed by atoms with Crippen molar-refractivity contribution in [2.24, 2.45) is 9.98 Å². The fraction of sp³-hybridized carbons (Fsp3) is 0.357. The van der Waals surface area contributed by atoms with Crippen molar-refractivity contribution >= 4 is 45.9 Å². The lowest BCUT2D eigenvalue weighted by atomic mass is 9.99. The molecule has 3 aromatic rings. The second kappa shape index (κ2) is 10.7. The Hall–Kier alpha value is -3.20. The first kappa shape index (κ1) is 25.4. The smallest absolute Gasteiger partial charge is 0.170 e. The molecule has 0 amide bonds. The number of likely N-dealkylation sites (N-methyl/N-ethyl adjacent to an activating group) is 1. The Morgan fingerprint density at radius 1 is 1.27 bits per heavy atom. The zero-order valence-corrected chi connectivity index (χ0v) is 21.6. The quantitative estimate of drug-likeness (QED) is 0.415. The number of likely N-dealkylation sites (tertiary alicyclic amines) is 1. The van der Waals surface area contributed by atoms with Crippen molar-refractivity contribution in [1.29, 1.82) is 0 Å². The Labute approximate surface area is 220 Å². The molecular formula is C28H29ClFN5O2. The fourth-order valence-electron chi connectivity index (χ4n) is 4.99. The summed E-state index contributed by atoms with van der Waals surface area (Å²) in [5.41, 5.74) is 3.63. The summed E-state index contributed by atoms with van der Waals surface area (Å²) in [5, 5.41) is 13.7. The molecule has 1 saturated heterocycles. The second-order valence-corrected chi connectivity index (χ2v) is 9.89. The number of Topliss-reactive ketones (excluding diaryl/α,β-unsaturated/α-hetero) is 1. The molecule has 37 heavy (non-hydrogen) atoms. The van der Waals surface area contributed by atoms with Crippen LogP contribution in [0.5, 0.6) is 5.75 Å². The zero-order chi connectivity index (χ0) is 26.1. The highest BCUT2D eigenvalue weighted by Crippen LogP contribution is 2.37. The van der Waals surface area contributed by atoms with Crippen molar-refractivity contribution in [3.05, 3.63) is 52.9 Å². The van der Waals surface area contributed by atoms with E-state index in [1.807, 2.05) is 32.3 Å². The molecule has 0 spiro atoms. The molecule has 1 aromatic heterocycles. The third-order valence-corrected chi connectivity index (χ3v) is 7.46. The Kier molecular flexibility index (Phi) is 7.33. The molecule has 2 atom stereocenters. The molecule has 2 N–H and O–H groups in total. The van der Waals surface area contributed by atoms with Crippen LogP contribution in [-0.2, 0) is 0 Å². The number of carbonyl (C=O) groups excluding carboxylic acids is 1. The number of fused-ring (bicyclic) bond motifs is 1. The molecule has 9 heteroatoms. The minimum absolute atomic E-state index is 0.0568. The number of aromatic hydroxyl groups is 1. The van der Waals surface area contributed by atoms with Crippen LogP contribution in [0.15, 0.2) is 46.5 Å². The number of phenols is 1. The number of benzene rings is 2. The number of pyridine rings is 1. The molecular weight excluding hydrogens is 493 g/mol. The lowest BCUT2D eigenvalue weighted by molar-refractivity contribution is 0.0988. The summed E-state index contributed by atoms with van der Waals surface area (Å²) in [6, 6.07) is 8.68. The summed E-state index contributed by atoms with van der Waals surface area (Å²) in [7, 11) is 2.00. The van der Waals surface area contributed by atoms with Gasteiger partial charge in [0.05, 0.1) is 27.5 Å². The van der Waals surface area contributed by atoms with E-state index in [0.29, 0.717) is 45.7 Å². The number of nitrogens with zero attached hydrogens (tertiary/aromatic N) is 4. The zero-order valence-electron chi connectivity index (χ0n) is 20.8. The van der Waals surface area contributed by atoms with Crippen LogP contribution in [0, 0.1) is 5.82 Å². The maximum Gasteiger partial charge on any atom is 0.170 e. The van der Waals surface area contributed by atoms with Crippen molar-refractivity contribution in [2.45, 2.75) is 44.8 Å². The van der Waals surface area contributed by atoms with Gasteiger partial charge in [-0.25, -0.2) is 4.39 Å². The van der Waals surface area contributed by atoms with Crippen LogP contribution < -0.4 is 5.32 Å². The maximum atomic E-state index is 14.2. The second-order valence-electron chi connectivity index (χ2n) is 9.49. The van der Waals surface area contributed by atoms with Gasteiger partial charge in [-0.2, -0.15) is 0 Å². The SMILES string of the molecule is CCC(=O)c1cnc2ccc(-c3cc(F)c(O)c(Cl)c3)cc2c1N=C1C=NC(N2CCC(NC)C2)CC1. The van der Waals surface area contributed by atoms with Crippen molar-refractivity contribution in [3.63, 3.8) is 0 Å². The van der Waals surface area contributed by atoms with Crippen molar-refractivity contribution in [1.82, 2.24) is 15.2 Å². The van der Waals surface area contributed by atoms with Gasteiger partial charge >= 0.3 is 0 Å². The standard InChI is InChI=1S/C28H29ClFN5O2/c1-3-25(36)21-14-32-24-6-4-16(17-11-22(29)28(37)23(30)12-17)10-20(24)27(21)34-18-5-7-26(33-13-18)35-9-8-19(15-35)31-2/h4,6,10-14,19,26,31,37H,3,5,7-9,15H2,1-2H3. The summed E-state index contributed by atoms with van der Waals surface area (Å²) in [6.45, 7) is 3.82. The minimum Gasteiger partial charge on any atom is -0.504 e. The lowest BCUT2D eigenvalue weighted by Gasteiger charge is -2.27. The highest BCUT2D eigenvalue weighted by molar-refractivity contribution is 6.33. The van der Waals surface area contributed by atoms with Crippen molar-refractivity contribution < 1.29 is 14.3 Å². The molecule has 2 unspecified atom stereocenters. The van der Waals surface area contributed by atoms with Crippen molar-refractivity contribution in [3.8, 4) is 16.9 Å². The molecule has 5 rings (SSSR count). The van der Waals surface area contributed by atoms with Crippen LogP contribution in [0.3, 0.4) is 0 Å². The molecule has 0 radical (unpaired) electrons. The molecule has 3 heterocycles. The number of hydrogen-bond donors (Lipinski definition) is 2. The maximum absolute atomic E-state index is 14.2. The number of aromatic nitrogens is 1. The number of phenolic OH excluding ortho intramolecular Hbond substituents is 1. The Bertz CT molecular complexity index is 1400. The van der Waals surface area contributed by atoms with Gasteiger partial charge < -0.3 is 10.4 Å². The molecule has 2 aromatic carbocycles. The van der Waals surface area contributed by atoms with Gasteiger partial charge in [-0.05, 0) is 61.7 Å². The fourth-order valence-corrected chi connectivity index (χ4v) is 5.20. The van der Waals surface area contributed by atoms with Crippen molar-refractivity contribution in [2.75, 3.05) is 20.1 Å². The van der Waals surface area contributed by atoms with Gasteiger partial charge in [0.1, 0.15) is 6.17 Å². The molecule has 0 bridgehead atoms. The van der Waals surface area contributed by atoms with Gasteiger partial charge in [-0.3, -0.25) is 24.7 Å². The van der Waals surface area contributed by atoms with Crippen LogP contribution in [-0.4, -0.2) is 65.0 Å². The van der Waals surface area contributed by atoms with E-state index in [0.717, 1.165) is 38.1 Å². The first-order valence-electron chi connectivity index (χ1n) is 12.5. The van der Waals surface area contributed by atoms with Gasteiger partial charge in [0, 0.05) is 43.3 Å². The van der Waals surface area contributed by atoms with Crippen LogP contribution in [0.25, 0.3) is 22.0 Å². The van der Waals surface area contributed by atoms with E-state index < -0.39 is 11.6 Å². The molecule has 192 valence electrons. The summed E-state index contributed by atoms with van der Waals surface area (Å²) in [4.78, 5) is 29.4. The molecule has 0 saturated carbocycles. The Balaban J connectivity index is 1.55. The number of aliphatic imine (C=N–C) groups is 2. The van der Waals surface area contributed by atoms with Gasteiger partial charge in [-0.1, -0.05) is 24.6 Å². The molecule has 0 aliphatic carbocycles. The summed E-state index contributed by atoms with van der Waals surface area (Å²) < 4.78 is 14.2. The summed E-state index contributed by atoms with van der Waals surface area (Å²) in [5.74, 6) is -1.44. The highest BCUT2D eigenvalue weighted by Gasteiger charge is 2.28. The predicted octanol–water partition coefficient (Wildman–Crippen LogP) is 5.55. The first-order valence-corrected chi connectivity index (χ1v) is 12.9. The van der Waals surface area contributed by atoms with Gasteiger partial charge in [-0.15, -0.1) is 0 Å². The van der Waals surface area contributed by atoms with E-state index in [1.165, 1.54) is 12.1 Å². The Morgan fingerprint density at radius 3 is 2.78 bits per heavy atom. The Morgan fingerprint density at radius 2 is 2.11 bits per heavy atom. The molecule has 2 aliphatic heterocycles. The van der Waals surface area contributed by atoms with Crippen LogP contribution in [0.1, 0.15) is 43.0 Å². The average Bonchev–Trinajstić information content (AvgIpc) is 3.41. The highest BCUT2D eigenvalue weighted by atomic mass is 35.5. The van der Waals surface area contributed by atoms with E-state index in [1.54, 1.807) is 12.3 Å². The first-order chi connectivity index (χ1) is 17.9. The third kappa shape index (κ3) is 5.14. The third-order valence-electron chi connectivity index (χ3n) is 7.17. The number of ketones is 1. The minimum atomic E-state index is -0.803. The number of carbonyl (C=O) groups is 1. The molecule has 7 nitrogen and oxygen atoms in total. The number of halogens is 2. The van der Waals surface area contributed by atoms with Gasteiger partial charge in [0.15, 0.2) is 17.3 Å².